The molecule has 1 atom stereocenters. The quantitative estimate of drug-likeness (QED) is 0.449. The van der Waals surface area contributed by atoms with E-state index in [1.165, 1.54) is 0 Å². The largest absolute Gasteiger partial charge is 0.393 e. The molecular formula is C7H9ClF3NO. The van der Waals surface area contributed by atoms with Gasteiger partial charge >= 0.3 is 11.5 Å². The van der Waals surface area contributed by atoms with Crippen LogP contribution in [0.1, 0.15) is 12.8 Å². The number of carbonyl (C=O) groups is 1. The maximum atomic E-state index is 12.2. The monoisotopic (exact) mass is 215 g/mol. The number of piperidine rings is 1. The maximum Gasteiger partial charge on any atom is 0.393 e. The summed E-state index contributed by atoms with van der Waals surface area (Å²) in [6, 6.07) is 0. The van der Waals surface area contributed by atoms with E-state index >= 15 is 0 Å². The Balaban J connectivity index is 2.57. The second kappa shape index (κ2) is 3.74. The van der Waals surface area contributed by atoms with Crippen LogP contribution in [0, 0.1) is 5.92 Å². The van der Waals surface area contributed by atoms with Crippen LogP contribution < -0.4 is 0 Å². The van der Waals surface area contributed by atoms with Gasteiger partial charge in [-0.1, -0.05) is 0 Å². The Hall–Kier alpha value is -0.450. The van der Waals surface area contributed by atoms with E-state index < -0.39 is 17.5 Å². The molecule has 1 amide bonds. The average molecular weight is 216 g/mol. The topological polar surface area (TPSA) is 20.3 Å². The molecule has 1 rings (SSSR count). The fourth-order valence-electron chi connectivity index (χ4n) is 1.40. The molecule has 0 unspecified atom stereocenters. The molecule has 0 saturated carbocycles. The molecule has 13 heavy (non-hydrogen) atoms. The summed E-state index contributed by atoms with van der Waals surface area (Å²) in [6.07, 6.45) is -3.77. The molecule has 0 bridgehead atoms. The fraction of sp³-hybridized carbons (Fsp3) is 0.857. The van der Waals surface area contributed by atoms with Crippen molar-refractivity contribution in [3.05, 3.63) is 0 Å². The summed E-state index contributed by atoms with van der Waals surface area (Å²) in [4.78, 5) is 11.6. The van der Waals surface area contributed by atoms with Crippen molar-refractivity contribution in [3.8, 4) is 0 Å². The SMILES string of the molecule is O=C(Cl)N1CCC[C@@H](C(F)(F)F)C1. The van der Waals surface area contributed by atoms with Gasteiger partial charge in [-0.3, -0.25) is 4.79 Å². The van der Waals surface area contributed by atoms with Gasteiger partial charge in [-0.05, 0) is 24.4 Å². The van der Waals surface area contributed by atoms with Crippen LogP contribution in [0.25, 0.3) is 0 Å². The third-order valence-electron chi connectivity index (χ3n) is 2.13. The normalized spacial score (nSPS) is 24.6. The number of rotatable bonds is 0. The second-order valence-electron chi connectivity index (χ2n) is 3.08. The van der Waals surface area contributed by atoms with Gasteiger partial charge in [0.25, 0.3) is 0 Å². The van der Waals surface area contributed by atoms with Crippen molar-refractivity contribution in [1.29, 1.82) is 0 Å². The highest BCUT2D eigenvalue weighted by Gasteiger charge is 2.42. The van der Waals surface area contributed by atoms with Gasteiger partial charge in [0.2, 0.25) is 0 Å². The van der Waals surface area contributed by atoms with Crippen LogP contribution in [0.15, 0.2) is 0 Å². The van der Waals surface area contributed by atoms with E-state index in [9.17, 15) is 18.0 Å². The van der Waals surface area contributed by atoms with E-state index in [1.807, 2.05) is 0 Å². The number of carbonyl (C=O) groups excluding carboxylic acids is 1. The standard InChI is InChI=1S/C7H9ClF3NO/c8-6(13)12-3-1-2-5(4-12)7(9,10)11/h5H,1-4H2/t5-/m1/s1. The Kier molecular flexibility index (Phi) is 3.05. The Morgan fingerprint density at radius 2 is 2.08 bits per heavy atom. The Bertz CT molecular complexity index is 206. The van der Waals surface area contributed by atoms with E-state index in [-0.39, 0.29) is 13.0 Å². The fourth-order valence-corrected chi connectivity index (χ4v) is 1.56. The van der Waals surface area contributed by atoms with Crippen molar-refractivity contribution in [2.45, 2.75) is 19.0 Å². The van der Waals surface area contributed by atoms with Gasteiger partial charge < -0.3 is 4.90 Å². The number of alkyl halides is 3. The second-order valence-corrected chi connectivity index (χ2v) is 3.40. The van der Waals surface area contributed by atoms with Crippen molar-refractivity contribution in [1.82, 2.24) is 4.90 Å². The zero-order valence-corrected chi connectivity index (χ0v) is 7.53. The van der Waals surface area contributed by atoms with Crippen molar-refractivity contribution < 1.29 is 18.0 Å². The van der Waals surface area contributed by atoms with E-state index in [2.05, 4.69) is 0 Å². The van der Waals surface area contributed by atoms with Gasteiger partial charge in [0.15, 0.2) is 0 Å². The first-order valence-electron chi connectivity index (χ1n) is 3.92. The summed E-state index contributed by atoms with van der Waals surface area (Å²) in [5.74, 6) is -1.41. The van der Waals surface area contributed by atoms with Crippen molar-refractivity contribution in [2.24, 2.45) is 5.92 Å². The lowest BCUT2D eigenvalue weighted by molar-refractivity contribution is -0.183. The van der Waals surface area contributed by atoms with Crippen LogP contribution in [0.2, 0.25) is 0 Å². The highest BCUT2D eigenvalue weighted by Crippen LogP contribution is 2.33. The van der Waals surface area contributed by atoms with Crippen LogP contribution >= 0.6 is 11.6 Å². The summed E-state index contributed by atoms with van der Waals surface area (Å²) in [5.41, 5.74) is 0. The summed E-state index contributed by atoms with van der Waals surface area (Å²) < 4.78 is 36.6. The van der Waals surface area contributed by atoms with Gasteiger partial charge in [0, 0.05) is 13.1 Å². The smallest absolute Gasteiger partial charge is 0.329 e. The third-order valence-corrected chi connectivity index (χ3v) is 2.37. The summed E-state index contributed by atoms with van der Waals surface area (Å²) in [6.45, 7) is 0.0285. The van der Waals surface area contributed by atoms with E-state index in [0.717, 1.165) is 4.90 Å². The summed E-state index contributed by atoms with van der Waals surface area (Å²) in [5, 5.41) is -0.797. The maximum absolute atomic E-state index is 12.2. The molecule has 1 aliphatic heterocycles. The molecule has 0 aromatic heterocycles. The first-order chi connectivity index (χ1) is 5.91. The third kappa shape index (κ3) is 2.76. The van der Waals surface area contributed by atoms with Crippen LogP contribution in [0.3, 0.4) is 0 Å². The van der Waals surface area contributed by atoms with Crippen molar-refractivity contribution >= 4 is 17.0 Å². The lowest BCUT2D eigenvalue weighted by Crippen LogP contribution is -2.42. The van der Waals surface area contributed by atoms with Gasteiger partial charge in [-0.2, -0.15) is 13.2 Å². The van der Waals surface area contributed by atoms with E-state index in [4.69, 9.17) is 11.6 Å². The van der Waals surface area contributed by atoms with E-state index in [1.54, 1.807) is 0 Å². The molecule has 1 aliphatic rings. The molecule has 2 nitrogen and oxygen atoms in total. The predicted molar refractivity (Wildman–Crippen MR) is 41.6 cm³/mol. The number of halogens is 4. The Labute approximate surface area is 78.6 Å². The molecular weight excluding hydrogens is 207 g/mol. The molecule has 6 heteroatoms. The molecule has 0 N–H and O–H groups in total. The minimum absolute atomic E-state index is 0.0875. The molecule has 76 valence electrons. The van der Waals surface area contributed by atoms with Crippen molar-refractivity contribution in [3.63, 3.8) is 0 Å². The van der Waals surface area contributed by atoms with Crippen LogP contribution in [-0.2, 0) is 0 Å². The number of nitrogens with zero attached hydrogens (tertiary/aromatic N) is 1. The zero-order chi connectivity index (χ0) is 10.1. The number of hydrogen-bond acceptors (Lipinski definition) is 1. The molecule has 0 aromatic rings. The van der Waals surface area contributed by atoms with Gasteiger partial charge in [-0.15, -0.1) is 0 Å². The minimum Gasteiger partial charge on any atom is -0.329 e. The van der Waals surface area contributed by atoms with Crippen LogP contribution in [0.5, 0.6) is 0 Å². The highest BCUT2D eigenvalue weighted by atomic mass is 35.5. The van der Waals surface area contributed by atoms with Gasteiger partial charge in [-0.25, -0.2) is 0 Å². The van der Waals surface area contributed by atoms with Crippen molar-refractivity contribution in [2.75, 3.05) is 13.1 Å². The molecule has 0 spiro atoms. The van der Waals surface area contributed by atoms with Crippen LogP contribution in [0.4, 0.5) is 18.0 Å². The molecule has 0 aromatic carbocycles. The number of amides is 1. The van der Waals surface area contributed by atoms with Gasteiger partial charge in [0.05, 0.1) is 5.92 Å². The molecule has 1 saturated heterocycles. The number of hydrogen-bond donors (Lipinski definition) is 0. The molecule has 1 heterocycles. The predicted octanol–water partition coefficient (Wildman–Crippen LogP) is 2.62. The first kappa shape index (κ1) is 10.6. The van der Waals surface area contributed by atoms with E-state index in [0.29, 0.717) is 13.0 Å². The summed E-state index contributed by atoms with van der Waals surface area (Å²) in [7, 11) is 0. The molecule has 0 radical (unpaired) electrons. The Morgan fingerprint density at radius 3 is 2.54 bits per heavy atom. The number of likely N-dealkylation sites (tertiary alicyclic amines) is 1. The molecule has 0 aliphatic carbocycles. The minimum atomic E-state index is -4.22. The molecule has 1 fully saturated rings. The first-order valence-corrected chi connectivity index (χ1v) is 4.30. The zero-order valence-electron chi connectivity index (χ0n) is 6.77. The van der Waals surface area contributed by atoms with Gasteiger partial charge in [0.1, 0.15) is 0 Å². The lowest BCUT2D eigenvalue weighted by Gasteiger charge is -2.32. The Morgan fingerprint density at radius 1 is 1.46 bits per heavy atom. The lowest BCUT2D eigenvalue weighted by atomic mass is 9.98. The van der Waals surface area contributed by atoms with Crippen LogP contribution in [-0.4, -0.2) is 29.5 Å². The highest BCUT2D eigenvalue weighted by molar-refractivity contribution is 6.62. The summed E-state index contributed by atoms with van der Waals surface area (Å²) >= 11 is 5.09. The average Bonchev–Trinajstić information content (AvgIpc) is 2.03.